The van der Waals surface area contributed by atoms with E-state index in [-0.39, 0.29) is 11.5 Å². The number of nitrogens with zero attached hydrogens (tertiary/aromatic N) is 2. The largest absolute Gasteiger partial charge is 0.464 e. The van der Waals surface area contributed by atoms with Crippen molar-refractivity contribution in [3.8, 4) is 11.1 Å². The monoisotopic (exact) mass is 356 g/mol. The molecule has 6 heteroatoms. The maximum atomic E-state index is 13.1. The molecule has 25 heavy (non-hydrogen) atoms. The van der Waals surface area contributed by atoms with Crippen molar-refractivity contribution < 1.29 is 9.53 Å². The summed E-state index contributed by atoms with van der Waals surface area (Å²) in [6.45, 7) is 4.15. The van der Waals surface area contributed by atoms with Gasteiger partial charge in [0.25, 0.3) is 5.56 Å². The first-order chi connectivity index (χ1) is 12.2. The third kappa shape index (κ3) is 3.35. The van der Waals surface area contributed by atoms with Gasteiger partial charge in [-0.25, -0.2) is 9.78 Å². The Morgan fingerprint density at radius 2 is 2.04 bits per heavy atom. The van der Waals surface area contributed by atoms with Gasteiger partial charge in [-0.2, -0.15) is 0 Å². The number of carbonyl (C=O) groups is 1. The second-order valence-corrected chi connectivity index (χ2v) is 6.60. The number of hydrogen-bond donors (Lipinski definition) is 0. The fraction of sp³-hybridized carbons (Fsp3) is 0.316. The van der Waals surface area contributed by atoms with Gasteiger partial charge in [-0.15, -0.1) is 11.3 Å². The molecule has 0 aliphatic rings. The van der Waals surface area contributed by atoms with Crippen LogP contribution in [-0.4, -0.2) is 22.1 Å². The Balaban J connectivity index is 2.10. The van der Waals surface area contributed by atoms with E-state index in [0.717, 1.165) is 17.5 Å². The average Bonchev–Trinajstić information content (AvgIpc) is 3.08. The molecule has 0 fully saturated rings. The van der Waals surface area contributed by atoms with E-state index < -0.39 is 6.04 Å². The summed E-state index contributed by atoms with van der Waals surface area (Å²) in [4.78, 5) is 30.5. The number of aromatic nitrogens is 2. The number of esters is 1. The lowest BCUT2D eigenvalue weighted by atomic mass is 10.1. The number of thiophene rings is 1. The van der Waals surface area contributed by atoms with Crippen molar-refractivity contribution in [2.45, 2.75) is 32.7 Å². The number of ether oxygens (including phenoxy) is 1. The van der Waals surface area contributed by atoms with Crippen LogP contribution in [0.1, 0.15) is 32.7 Å². The summed E-state index contributed by atoms with van der Waals surface area (Å²) in [5.41, 5.74) is 1.61. The topological polar surface area (TPSA) is 61.2 Å². The fourth-order valence-corrected chi connectivity index (χ4v) is 3.68. The smallest absolute Gasteiger partial charge is 0.329 e. The van der Waals surface area contributed by atoms with E-state index in [0.29, 0.717) is 23.2 Å². The summed E-state index contributed by atoms with van der Waals surface area (Å²) < 4.78 is 6.64. The molecule has 0 spiro atoms. The number of fused-ring (bicyclic) bond motifs is 1. The predicted octanol–water partition coefficient (Wildman–Crippen LogP) is 4.03. The summed E-state index contributed by atoms with van der Waals surface area (Å²) in [7, 11) is 0. The molecule has 5 nitrogen and oxygen atoms in total. The Morgan fingerprint density at radius 1 is 1.28 bits per heavy atom. The molecular formula is C19H20N2O3S. The van der Waals surface area contributed by atoms with Crippen molar-refractivity contribution in [3.63, 3.8) is 0 Å². The molecular weight excluding hydrogens is 336 g/mol. The zero-order chi connectivity index (χ0) is 17.8. The Hall–Kier alpha value is -2.47. The van der Waals surface area contributed by atoms with E-state index in [1.54, 1.807) is 0 Å². The standard InChI is InChI=1S/C19H20N2O3S/c1-3-10-24-19(23)15(4-2)21-12-20-17-16(18(21)22)14(11-25-17)13-8-6-5-7-9-13/h5-9,11-12,15H,3-4,10H2,1-2H3/t15-/m1/s1. The van der Waals surface area contributed by atoms with E-state index in [4.69, 9.17) is 4.74 Å². The second kappa shape index (κ2) is 7.61. The first-order valence-corrected chi connectivity index (χ1v) is 9.25. The van der Waals surface area contributed by atoms with Gasteiger partial charge in [-0.3, -0.25) is 9.36 Å². The third-order valence-electron chi connectivity index (χ3n) is 4.05. The Labute approximate surface area is 149 Å². The second-order valence-electron chi connectivity index (χ2n) is 5.74. The molecule has 1 atom stereocenters. The first-order valence-electron chi connectivity index (χ1n) is 8.37. The van der Waals surface area contributed by atoms with Gasteiger partial charge in [0.15, 0.2) is 0 Å². The summed E-state index contributed by atoms with van der Waals surface area (Å²) >= 11 is 1.43. The predicted molar refractivity (Wildman–Crippen MR) is 99.9 cm³/mol. The Kier molecular flexibility index (Phi) is 5.28. The van der Waals surface area contributed by atoms with Gasteiger partial charge < -0.3 is 4.74 Å². The molecule has 2 aromatic heterocycles. The molecule has 0 N–H and O–H groups in total. The highest BCUT2D eigenvalue weighted by atomic mass is 32.1. The summed E-state index contributed by atoms with van der Waals surface area (Å²) in [6.07, 6.45) is 2.68. The minimum absolute atomic E-state index is 0.203. The number of carbonyl (C=O) groups excluding carboxylic acids is 1. The molecule has 0 radical (unpaired) electrons. The van der Waals surface area contributed by atoms with Crippen LogP contribution in [0.2, 0.25) is 0 Å². The number of rotatable bonds is 6. The van der Waals surface area contributed by atoms with Crippen molar-refractivity contribution in [3.05, 3.63) is 52.4 Å². The van der Waals surface area contributed by atoms with E-state index in [9.17, 15) is 9.59 Å². The number of benzene rings is 1. The highest BCUT2D eigenvalue weighted by molar-refractivity contribution is 7.17. The van der Waals surface area contributed by atoms with Crippen LogP contribution >= 0.6 is 11.3 Å². The fourth-order valence-electron chi connectivity index (χ4n) is 2.77. The molecule has 0 aliphatic carbocycles. The Morgan fingerprint density at radius 3 is 2.72 bits per heavy atom. The normalized spacial score (nSPS) is 12.2. The highest BCUT2D eigenvalue weighted by Crippen LogP contribution is 2.30. The molecule has 0 saturated heterocycles. The van der Waals surface area contributed by atoms with Crippen LogP contribution in [-0.2, 0) is 9.53 Å². The molecule has 130 valence electrons. The van der Waals surface area contributed by atoms with Crippen molar-refractivity contribution in [2.24, 2.45) is 0 Å². The van der Waals surface area contributed by atoms with Gasteiger partial charge >= 0.3 is 5.97 Å². The van der Waals surface area contributed by atoms with Crippen molar-refractivity contribution in [1.29, 1.82) is 0 Å². The molecule has 0 saturated carbocycles. The quantitative estimate of drug-likeness (QED) is 0.626. The molecule has 0 aliphatic heterocycles. The van der Waals surface area contributed by atoms with Crippen LogP contribution in [0.4, 0.5) is 0 Å². The van der Waals surface area contributed by atoms with Crippen LogP contribution in [0.15, 0.2) is 46.8 Å². The maximum absolute atomic E-state index is 13.1. The van der Waals surface area contributed by atoms with E-state index in [1.807, 2.05) is 49.6 Å². The lowest BCUT2D eigenvalue weighted by Gasteiger charge is -2.16. The first kappa shape index (κ1) is 17.4. The molecule has 2 heterocycles. The highest BCUT2D eigenvalue weighted by Gasteiger charge is 2.23. The van der Waals surface area contributed by atoms with E-state index in [1.165, 1.54) is 22.2 Å². The van der Waals surface area contributed by atoms with Gasteiger partial charge in [0.05, 0.1) is 18.3 Å². The third-order valence-corrected chi connectivity index (χ3v) is 4.93. The molecule has 0 unspecified atom stereocenters. The van der Waals surface area contributed by atoms with Crippen molar-refractivity contribution >= 4 is 27.5 Å². The van der Waals surface area contributed by atoms with E-state index >= 15 is 0 Å². The van der Waals surface area contributed by atoms with Crippen molar-refractivity contribution in [2.75, 3.05) is 6.61 Å². The number of hydrogen-bond acceptors (Lipinski definition) is 5. The lowest BCUT2D eigenvalue weighted by Crippen LogP contribution is -2.31. The molecule has 1 aromatic carbocycles. The van der Waals surface area contributed by atoms with Crippen LogP contribution < -0.4 is 5.56 Å². The Bertz CT molecular complexity index is 931. The van der Waals surface area contributed by atoms with Gasteiger partial charge in [0.1, 0.15) is 10.9 Å². The summed E-state index contributed by atoms with van der Waals surface area (Å²) in [5, 5.41) is 2.50. The zero-order valence-corrected chi connectivity index (χ0v) is 15.1. The molecule has 3 aromatic rings. The lowest BCUT2D eigenvalue weighted by molar-refractivity contribution is -0.147. The van der Waals surface area contributed by atoms with Gasteiger partial charge in [0, 0.05) is 10.9 Å². The zero-order valence-electron chi connectivity index (χ0n) is 14.3. The van der Waals surface area contributed by atoms with E-state index in [2.05, 4.69) is 4.98 Å². The minimum Gasteiger partial charge on any atom is -0.464 e. The van der Waals surface area contributed by atoms with Gasteiger partial charge in [0.2, 0.25) is 0 Å². The van der Waals surface area contributed by atoms with Crippen LogP contribution in [0.3, 0.4) is 0 Å². The van der Waals surface area contributed by atoms with Crippen LogP contribution in [0, 0.1) is 0 Å². The molecule has 0 amide bonds. The van der Waals surface area contributed by atoms with Crippen LogP contribution in [0.5, 0.6) is 0 Å². The summed E-state index contributed by atoms with van der Waals surface area (Å²) in [6, 6.07) is 9.08. The van der Waals surface area contributed by atoms with Gasteiger partial charge in [-0.1, -0.05) is 44.2 Å². The van der Waals surface area contributed by atoms with Crippen molar-refractivity contribution in [1.82, 2.24) is 9.55 Å². The molecule has 3 rings (SSSR count). The van der Waals surface area contributed by atoms with Crippen LogP contribution in [0.25, 0.3) is 21.3 Å². The SMILES string of the molecule is CCCOC(=O)[C@@H](CC)n1cnc2scc(-c3ccccc3)c2c1=O. The minimum atomic E-state index is -0.653. The summed E-state index contributed by atoms with van der Waals surface area (Å²) in [5.74, 6) is -0.385. The maximum Gasteiger partial charge on any atom is 0.329 e. The molecule has 0 bridgehead atoms. The van der Waals surface area contributed by atoms with Gasteiger partial charge in [-0.05, 0) is 18.4 Å². The average molecular weight is 356 g/mol.